The van der Waals surface area contributed by atoms with Crippen LogP contribution in [0.4, 0.5) is 17.6 Å². The van der Waals surface area contributed by atoms with Crippen LogP contribution in [0.15, 0.2) is 106 Å². The molecule has 2 heterocycles. The molecule has 2 aromatic heterocycles. The molecule has 7 nitrogen and oxygen atoms in total. The Hall–Kier alpha value is -5.55. The Morgan fingerprint density at radius 1 is 0.702 bits per heavy atom. The molecule has 0 amide bonds. The first-order valence-corrected chi connectivity index (χ1v) is 14.5. The molecule has 6 rings (SSSR count). The van der Waals surface area contributed by atoms with Gasteiger partial charge in [-0.3, -0.25) is 0 Å². The van der Waals surface area contributed by atoms with Crippen LogP contribution < -0.4 is 0 Å². The molecular formula is C36H28F4N2O5. The van der Waals surface area contributed by atoms with Crippen molar-refractivity contribution in [2.45, 2.75) is 26.4 Å². The third-order valence-electron chi connectivity index (χ3n) is 6.83. The molecule has 0 bridgehead atoms. The van der Waals surface area contributed by atoms with Gasteiger partial charge in [-0.25, -0.2) is 32.3 Å². The summed E-state index contributed by atoms with van der Waals surface area (Å²) in [6.07, 6.45) is 0.694. The highest BCUT2D eigenvalue weighted by Crippen LogP contribution is 2.28. The number of halogens is 4. The van der Waals surface area contributed by atoms with E-state index in [1.165, 1.54) is 0 Å². The minimum absolute atomic E-state index is 0.0352. The third-order valence-corrected chi connectivity index (χ3v) is 6.83. The lowest BCUT2D eigenvalue weighted by Gasteiger charge is -2.01. The fourth-order valence-electron chi connectivity index (χ4n) is 4.59. The summed E-state index contributed by atoms with van der Waals surface area (Å²) >= 11 is 0. The van der Waals surface area contributed by atoms with Gasteiger partial charge in [0.15, 0.2) is 5.69 Å². The monoisotopic (exact) mass is 644 g/mol. The lowest BCUT2D eigenvalue weighted by molar-refractivity contribution is 0.0518. The van der Waals surface area contributed by atoms with Crippen molar-refractivity contribution in [2.75, 3.05) is 6.61 Å². The van der Waals surface area contributed by atoms with Crippen molar-refractivity contribution in [3.8, 4) is 22.9 Å². The zero-order valence-electron chi connectivity index (χ0n) is 25.1. The van der Waals surface area contributed by atoms with Crippen LogP contribution in [0.25, 0.3) is 22.9 Å². The number of aliphatic hydroxyl groups excluding tert-OH is 1. The number of oxazole rings is 2. The van der Waals surface area contributed by atoms with Crippen LogP contribution in [0.5, 0.6) is 0 Å². The first kappa shape index (κ1) is 32.8. The van der Waals surface area contributed by atoms with Gasteiger partial charge in [0.05, 0.1) is 24.3 Å². The molecule has 0 aliphatic rings. The van der Waals surface area contributed by atoms with Gasteiger partial charge >= 0.3 is 5.97 Å². The van der Waals surface area contributed by atoms with E-state index < -0.39 is 29.2 Å². The van der Waals surface area contributed by atoms with E-state index in [0.29, 0.717) is 17.9 Å². The molecule has 0 unspecified atom stereocenters. The molecule has 0 spiro atoms. The quantitative estimate of drug-likeness (QED) is 0.126. The zero-order chi connectivity index (χ0) is 33.3. The van der Waals surface area contributed by atoms with E-state index >= 15 is 0 Å². The second-order valence-corrected chi connectivity index (χ2v) is 10.1. The minimum atomic E-state index is -0.690. The Morgan fingerprint density at radius 3 is 1.70 bits per heavy atom. The molecule has 0 aliphatic carbocycles. The van der Waals surface area contributed by atoms with E-state index in [2.05, 4.69) is 9.97 Å². The summed E-state index contributed by atoms with van der Waals surface area (Å²) in [5.41, 5.74) is 1.93. The zero-order valence-corrected chi connectivity index (χ0v) is 25.1. The largest absolute Gasteiger partial charge is 0.461 e. The predicted molar refractivity (Wildman–Crippen MR) is 164 cm³/mol. The topological polar surface area (TPSA) is 98.6 Å². The predicted octanol–water partition coefficient (Wildman–Crippen LogP) is 8.09. The van der Waals surface area contributed by atoms with Gasteiger partial charge in [0.1, 0.15) is 40.5 Å². The van der Waals surface area contributed by atoms with Crippen molar-refractivity contribution < 1.29 is 41.0 Å². The molecule has 0 aliphatic heterocycles. The van der Waals surface area contributed by atoms with Gasteiger partial charge in [0.2, 0.25) is 11.8 Å². The number of carbonyl (C=O) groups is 1. The van der Waals surface area contributed by atoms with Gasteiger partial charge in [-0.2, -0.15) is 0 Å². The van der Waals surface area contributed by atoms with Crippen LogP contribution in [-0.4, -0.2) is 27.7 Å². The van der Waals surface area contributed by atoms with Gasteiger partial charge in [0.25, 0.3) is 0 Å². The number of nitrogens with zero attached hydrogens (tertiary/aromatic N) is 2. The number of benzene rings is 4. The van der Waals surface area contributed by atoms with Crippen LogP contribution in [0.1, 0.15) is 45.8 Å². The Balaban J connectivity index is 0.000000186. The minimum Gasteiger partial charge on any atom is -0.461 e. The maximum absolute atomic E-state index is 14.0. The Morgan fingerprint density at radius 2 is 1.19 bits per heavy atom. The van der Waals surface area contributed by atoms with E-state index in [1.54, 1.807) is 6.92 Å². The molecule has 47 heavy (non-hydrogen) atoms. The van der Waals surface area contributed by atoms with Crippen LogP contribution in [0.3, 0.4) is 0 Å². The van der Waals surface area contributed by atoms with Gasteiger partial charge in [-0.05, 0) is 54.4 Å². The van der Waals surface area contributed by atoms with Crippen LogP contribution >= 0.6 is 0 Å². The number of aliphatic hydroxyl groups is 1. The molecule has 240 valence electrons. The maximum Gasteiger partial charge on any atom is 0.360 e. The number of esters is 1. The van der Waals surface area contributed by atoms with Gasteiger partial charge in [-0.1, -0.05) is 60.7 Å². The molecule has 0 saturated carbocycles. The summed E-state index contributed by atoms with van der Waals surface area (Å²) in [6.45, 7) is 1.50. The normalized spacial score (nSPS) is 10.8. The highest BCUT2D eigenvalue weighted by molar-refractivity contribution is 5.89. The summed E-state index contributed by atoms with van der Waals surface area (Å²) in [5, 5.41) is 9.39. The van der Waals surface area contributed by atoms with Crippen molar-refractivity contribution in [1.29, 1.82) is 0 Å². The highest BCUT2D eigenvalue weighted by Gasteiger charge is 2.24. The molecule has 6 aromatic rings. The molecule has 0 radical (unpaired) electrons. The summed E-state index contributed by atoms with van der Waals surface area (Å²) in [6, 6.07) is 24.8. The van der Waals surface area contributed by atoms with Crippen LogP contribution in [0.2, 0.25) is 0 Å². The second-order valence-electron chi connectivity index (χ2n) is 10.1. The average Bonchev–Trinajstić information content (AvgIpc) is 3.69. The van der Waals surface area contributed by atoms with E-state index in [4.69, 9.17) is 13.6 Å². The average molecular weight is 645 g/mol. The Labute approximate surface area is 267 Å². The lowest BCUT2D eigenvalue weighted by Crippen LogP contribution is -2.08. The molecule has 0 fully saturated rings. The second kappa shape index (κ2) is 15.2. The standard InChI is InChI=1S/C19H15F2NO3.C17H13F2NO2/c1-2-24-19(23)17-16(10-12-6-4-3-5-7-12)25-18(22-17)14-11-13(20)8-9-15(14)21;18-12-6-7-14(19)13(9-12)17-20-15(10-21)16(22-17)8-11-4-2-1-3-5-11/h3-9,11H,2,10H2,1H3;1-7,9,21H,8,10H2. The lowest BCUT2D eigenvalue weighted by atomic mass is 10.1. The van der Waals surface area contributed by atoms with Crippen LogP contribution in [-0.2, 0) is 24.2 Å². The first-order valence-electron chi connectivity index (χ1n) is 14.5. The fourth-order valence-corrected chi connectivity index (χ4v) is 4.59. The summed E-state index contributed by atoms with van der Waals surface area (Å²) in [7, 11) is 0. The van der Waals surface area contributed by atoms with Crippen LogP contribution in [0, 0.1) is 23.3 Å². The van der Waals surface area contributed by atoms with Gasteiger partial charge < -0.3 is 18.7 Å². The summed E-state index contributed by atoms with van der Waals surface area (Å²) < 4.78 is 70.6. The van der Waals surface area contributed by atoms with Gasteiger partial charge in [0, 0.05) is 12.8 Å². The van der Waals surface area contributed by atoms with Crippen molar-refractivity contribution in [1.82, 2.24) is 9.97 Å². The Kier molecular flexibility index (Phi) is 10.6. The van der Waals surface area contributed by atoms with Crippen molar-refractivity contribution >= 4 is 5.97 Å². The molecule has 0 saturated heterocycles. The summed E-state index contributed by atoms with van der Waals surface area (Å²) in [5.74, 6) is -2.71. The molecule has 4 aromatic carbocycles. The van der Waals surface area contributed by atoms with Crippen molar-refractivity contribution in [2.24, 2.45) is 0 Å². The third kappa shape index (κ3) is 8.19. The molecular weight excluding hydrogens is 616 g/mol. The fraction of sp³-hybridized carbons (Fsp3) is 0.139. The first-order chi connectivity index (χ1) is 22.7. The molecule has 0 atom stereocenters. The van der Waals surface area contributed by atoms with E-state index in [1.807, 2.05) is 60.7 Å². The highest BCUT2D eigenvalue weighted by atomic mass is 19.1. The number of hydrogen-bond donors (Lipinski definition) is 1. The SMILES string of the molecule is CCOC(=O)c1nc(-c2cc(F)ccc2F)oc1Cc1ccccc1.OCc1nc(-c2cc(F)ccc2F)oc1Cc1ccccc1. The number of aromatic nitrogens is 2. The number of rotatable bonds is 9. The maximum atomic E-state index is 14.0. The van der Waals surface area contributed by atoms with E-state index in [-0.39, 0.29) is 54.0 Å². The Bertz CT molecular complexity index is 1960. The number of ether oxygens (including phenoxy) is 1. The van der Waals surface area contributed by atoms with Crippen molar-refractivity contribution in [3.05, 3.63) is 154 Å². The number of hydrogen-bond acceptors (Lipinski definition) is 7. The smallest absolute Gasteiger partial charge is 0.360 e. The number of carbonyl (C=O) groups excluding carboxylic acids is 1. The molecule has 1 N–H and O–H groups in total. The van der Waals surface area contributed by atoms with E-state index in [9.17, 15) is 27.5 Å². The summed E-state index contributed by atoms with van der Waals surface area (Å²) in [4.78, 5) is 20.3. The molecule has 11 heteroatoms. The van der Waals surface area contributed by atoms with Crippen molar-refractivity contribution in [3.63, 3.8) is 0 Å². The van der Waals surface area contributed by atoms with Gasteiger partial charge in [-0.15, -0.1) is 0 Å². The van der Waals surface area contributed by atoms with E-state index in [0.717, 1.165) is 47.5 Å².